The van der Waals surface area contributed by atoms with Gasteiger partial charge in [-0.3, -0.25) is 0 Å². The van der Waals surface area contributed by atoms with Crippen LogP contribution in [0.1, 0.15) is 31.0 Å². The van der Waals surface area contributed by atoms with Crippen LogP contribution in [0.4, 0.5) is 17.6 Å². The van der Waals surface area contributed by atoms with Crippen molar-refractivity contribution in [3.63, 3.8) is 0 Å². The average Bonchev–Trinajstić information content (AvgIpc) is 2.40. The summed E-state index contributed by atoms with van der Waals surface area (Å²) in [5.74, 6) is -1.30. The van der Waals surface area contributed by atoms with Gasteiger partial charge in [0.15, 0.2) is 6.29 Å². The maximum absolute atomic E-state index is 13.3. The van der Waals surface area contributed by atoms with Gasteiger partial charge in [0.05, 0.1) is 11.6 Å². The van der Waals surface area contributed by atoms with Crippen molar-refractivity contribution in [1.82, 2.24) is 5.32 Å². The van der Waals surface area contributed by atoms with E-state index in [1.807, 2.05) is 0 Å². The third-order valence-corrected chi connectivity index (χ3v) is 2.90. The summed E-state index contributed by atoms with van der Waals surface area (Å²) in [4.78, 5) is 0. The molecule has 1 rings (SSSR count). The van der Waals surface area contributed by atoms with Crippen molar-refractivity contribution in [1.29, 1.82) is 0 Å². The number of hydrogen-bond donors (Lipinski definition) is 1. The molecule has 0 heterocycles. The molecule has 0 aliphatic heterocycles. The maximum Gasteiger partial charge on any atom is 0.419 e. The molecule has 1 unspecified atom stereocenters. The van der Waals surface area contributed by atoms with Crippen molar-refractivity contribution >= 4 is 0 Å². The molecule has 0 saturated heterocycles. The van der Waals surface area contributed by atoms with Gasteiger partial charge in [0.2, 0.25) is 0 Å². The van der Waals surface area contributed by atoms with Crippen molar-refractivity contribution in [2.75, 3.05) is 20.3 Å². The zero-order valence-electron chi connectivity index (χ0n) is 12.1. The molecule has 0 saturated carbocycles. The Morgan fingerprint density at radius 3 is 2.14 bits per heavy atom. The van der Waals surface area contributed by atoms with Crippen LogP contribution in [0.3, 0.4) is 0 Å². The normalized spacial score (nSPS) is 13.7. The van der Waals surface area contributed by atoms with E-state index in [4.69, 9.17) is 9.47 Å². The Balaban J connectivity index is 3.15. The second-order valence-electron chi connectivity index (χ2n) is 4.28. The number of alkyl halides is 3. The summed E-state index contributed by atoms with van der Waals surface area (Å²) in [6.45, 7) is 4.20. The van der Waals surface area contributed by atoms with Gasteiger partial charge in [0, 0.05) is 13.2 Å². The molecule has 21 heavy (non-hydrogen) atoms. The summed E-state index contributed by atoms with van der Waals surface area (Å²) in [7, 11) is 1.58. The molecule has 1 aromatic carbocycles. The second kappa shape index (κ2) is 7.72. The minimum atomic E-state index is -4.74. The first kappa shape index (κ1) is 17.9. The van der Waals surface area contributed by atoms with Gasteiger partial charge in [-0.15, -0.1) is 0 Å². The number of ether oxygens (including phenoxy) is 2. The van der Waals surface area contributed by atoms with Crippen LogP contribution in [0, 0.1) is 5.82 Å². The van der Waals surface area contributed by atoms with Crippen molar-refractivity contribution in [2.45, 2.75) is 32.4 Å². The number of benzene rings is 1. The van der Waals surface area contributed by atoms with E-state index in [-0.39, 0.29) is 5.56 Å². The highest BCUT2D eigenvalue weighted by Crippen LogP contribution is 2.33. The SMILES string of the molecule is CCOC(OCC)C(NC)c1ccc(F)c(C(F)(F)F)c1. The van der Waals surface area contributed by atoms with E-state index in [0.717, 1.165) is 12.1 Å². The first-order valence-corrected chi connectivity index (χ1v) is 6.62. The lowest BCUT2D eigenvalue weighted by atomic mass is 10.0. The molecule has 7 heteroatoms. The Morgan fingerprint density at radius 1 is 1.14 bits per heavy atom. The smallest absolute Gasteiger partial charge is 0.351 e. The molecule has 0 fully saturated rings. The lowest BCUT2D eigenvalue weighted by Gasteiger charge is -2.27. The van der Waals surface area contributed by atoms with Crippen LogP contribution < -0.4 is 5.32 Å². The van der Waals surface area contributed by atoms with Gasteiger partial charge in [-0.2, -0.15) is 13.2 Å². The minimum absolute atomic E-state index is 0.248. The van der Waals surface area contributed by atoms with Crippen LogP contribution >= 0.6 is 0 Å². The van der Waals surface area contributed by atoms with E-state index in [0.29, 0.717) is 13.2 Å². The Morgan fingerprint density at radius 2 is 1.71 bits per heavy atom. The molecule has 120 valence electrons. The van der Waals surface area contributed by atoms with Gasteiger partial charge in [-0.1, -0.05) is 6.07 Å². The zero-order valence-corrected chi connectivity index (χ0v) is 12.1. The molecule has 0 aliphatic rings. The summed E-state index contributed by atoms with van der Waals surface area (Å²) >= 11 is 0. The predicted octanol–water partition coefficient (Wildman–Crippen LogP) is 3.50. The standard InChI is InChI=1S/C14H19F4NO2/c1-4-20-13(21-5-2)12(19-3)9-6-7-11(15)10(8-9)14(16,17)18/h6-8,12-13,19H,4-5H2,1-3H3. The molecule has 0 amide bonds. The van der Waals surface area contributed by atoms with Gasteiger partial charge in [-0.05, 0) is 38.6 Å². The van der Waals surface area contributed by atoms with E-state index in [1.165, 1.54) is 6.07 Å². The van der Waals surface area contributed by atoms with Crippen LogP contribution in [0.2, 0.25) is 0 Å². The largest absolute Gasteiger partial charge is 0.419 e. The number of rotatable bonds is 7. The topological polar surface area (TPSA) is 30.5 Å². The van der Waals surface area contributed by atoms with Crippen LogP contribution in [0.5, 0.6) is 0 Å². The Kier molecular flexibility index (Phi) is 6.57. The van der Waals surface area contributed by atoms with Crippen LogP contribution in [0.25, 0.3) is 0 Å². The first-order valence-electron chi connectivity index (χ1n) is 6.62. The Bertz CT molecular complexity index is 445. The lowest BCUT2D eigenvalue weighted by molar-refractivity contribution is -0.155. The monoisotopic (exact) mass is 309 g/mol. The summed E-state index contributed by atoms with van der Waals surface area (Å²) in [5.41, 5.74) is -1.05. The number of likely N-dealkylation sites (N-methyl/N-ethyl adjacent to an activating group) is 1. The van der Waals surface area contributed by atoms with Gasteiger partial charge < -0.3 is 14.8 Å². The van der Waals surface area contributed by atoms with Crippen LogP contribution in [-0.4, -0.2) is 26.6 Å². The van der Waals surface area contributed by atoms with Crippen LogP contribution in [0.15, 0.2) is 18.2 Å². The summed E-state index contributed by atoms with van der Waals surface area (Å²) < 4.78 is 62.4. The molecule has 0 radical (unpaired) electrons. The fourth-order valence-corrected chi connectivity index (χ4v) is 1.98. The highest BCUT2D eigenvalue weighted by molar-refractivity contribution is 5.29. The van der Waals surface area contributed by atoms with Crippen molar-refractivity contribution in [3.8, 4) is 0 Å². The molecule has 0 spiro atoms. The molecular weight excluding hydrogens is 290 g/mol. The molecule has 0 bridgehead atoms. The van der Waals surface area contributed by atoms with Crippen LogP contribution in [-0.2, 0) is 15.7 Å². The Hall–Kier alpha value is -1.18. The van der Waals surface area contributed by atoms with Gasteiger partial charge in [-0.25, -0.2) is 4.39 Å². The van der Waals surface area contributed by atoms with Crippen molar-refractivity contribution in [3.05, 3.63) is 35.1 Å². The van der Waals surface area contributed by atoms with Gasteiger partial charge in [0.25, 0.3) is 0 Å². The summed E-state index contributed by atoms with van der Waals surface area (Å²) in [5, 5.41) is 2.85. The predicted molar refractivity (Wildman–Crippen MR) is 70.2 cm³/mol. The van der Waals surface area contributed by atoms with E-state index in [2.05, 4.69) is 5.32 Å². The third kappa shape index (κ3) is 4.66. The fourth-order valence-electron chi connectivity index (χ4n) is 1.98. The highest BCUT2D eigenvalue weighted by atomic mass is 19.4. The quantitative estimate of drug-likeness (QED) is 0.617. The maximum atomic E-state index is 13.3. The lowest BCUT2D eigenvalue weighted by Crippen LogP contribution is -2.34. The van der Waals surface area contributed by atoms with E-state index in [1.54, 1.807) is 20.9 Å². The van der Waals surface area contributed by atoms with Crippen molar-refractivity contribution < 1.29 is 27.0 Å². The Labute approximate surface area is 121 Å². The minimum Gasteiger partial charge on any atom is -0.351 e. The van der Waals surface area contributed by atoms with Gasteiger partial charge in [0.1, 0.15) is 5.82 Å². The third-order valence-electron chi connectivity index (χ3n) is 2.90. The summed E-state index contributed by atoms with van der Waals surface area (Å²) in [6, 6.07) is 2.24. The number of nitrogens with one attached hydrogen (secondary N) is 1. The average molecular weight is 309 g/mol. The van der Waals surface area contributed by atoms with Crippen molar-refractivity contribution in [2.24, 2.45) is 0 Å². The molecule has 1 N–H and O–H groups in total. The molecule has 1 atom stereocenters. The number of hydrogen-bond acceptors (Lipinski definition) is 3. The second-order valence-corrected chi connectivity index (χ2v) is 4.28. The fraction of sp³-hybridized carbons (Fsp3) is 0.571. The zero-order chi connectivity index (χ0) is 16.0. The van der Waals surface area contributed by atoms with E-state index < -0.39 is 29.9 Å². The molecule has 1 aromatic rings. The number of halogens is 4. The highest BCUT2D eigenvalue weighted by Gasteiger charge is 2.35. The van der Waals surface area contributed by atoms with Gasteiger partial charge >= 0.3 is 6.18 Å². The van der Waals surface area contributed by atoms with E-state index >= 15 is 0 Å². The van der Waals surface area contributed by atoms with E-state index in [9.17, 15) is 17.6 Å². The molecule has 0 aromatic heterocycles. The summed E-state index contributed by atoms with van der Waals surface area (Å²) in [6.07, 6.45) is -5.50. The molecular formula is C14H19F4NO2. The molecule has 0 aliphatic carbocycles. The first-order chi connectivity index (χ1) is 9.85. The molecule has 3 nitrogen and oxygen atoms in total.